The van der Waals surface area contributed by atoms with Crippen molar-refractivity contribution in [3.63, 3.8) is 0 Å². The monoisotopic (exact) mass is 152 g/mol. The van der Waals surface area contributed by atoms with Gasteiger partial charge in [0.25, 0.3) is 5.91 Å². The van der Waals surface area contributed by atoms with Crippen molar-refractivity contribution in [3.8, 4) is 0 Å². The lowest BCUT2D eigenvalue weighted by Crippen LogP contribution is -2.34. The maximum atomic E-state index is 10.2. The van der Waals surface area contributed by atoms with Crippen molar-refractivity contribution in [1.82, 2.24) is 4.42 Å². The molecular weight excluding hydrogens is 147 g/mol. The highest BCUT2D eigenvalue weighted by molar-refractivity contribution is 6.29. The summed E-state index contributed by atoms with van der Waals surface area (Å²) in [6.45, 7) is -0.827. The number of carbonyl (C=O) groups is 2. The lowest BCUT2D eigenvalue weighted by Gasteiger charge is -2.04. The first-order valence-electron chi connectivity index (χ1n) is 1.98. The number of halogens is 1. The summed E-state index contributed by atoms with van der Waals surface area (Å²) in [6, 6.07) is -1.10. The number of nitrogens with two attached hydrogens (primary N) is 1. The molecule has 0 heterocycles. The van der Waals surface area contributed by atoms with Gasteiger partial charge in [0.05, 0.1) is 0 Å². The van der Waals surface area contributed by atoms with Gasteiger partial charge in [0.1, 0.15) is 6.61 Å². The summed E-state index contributed by atoms with van der Waals surface area (Å²) in [5, 5.41) is 8.07. The molecule has 0 aliphatic carbocycles. The van der Waals surface area contributed by atoms with Crippen LogP contribution in [0.1, 0.15) is 0 Å². The van der Waals surface area contributed by atoms with E-state index in [0.717, 1.165) is 0 Å². The molecule has 0 aromatic heterocycles. The van der Waals surface area contributed by atoms with E-state index >= 15 is 0 Å². The van der Waals surface area contributed by atoms with Gasteiger partial charge in [0.15, 0.2) is 0 Å². The van der Waals surface area contributed by atoms with E-state index < -0.39 is 18.5 Å². The van der Waals surface area contributed by atoms with Crippen LogP contribution in [0.4, 0.5) is 4.79 Å². The number of amides is 3. The first-order chi connectivity index (χ1) is 4.09. The highest BCUT2D eigenvalue weighted by Crippen LogP contribution is 1.92. The van der Waals surface area contributed by atoms with Crippen LogP contribution in [-0.4, -0.2) is 28.1 Å². The Hall–Kier alpha value is -0.810. The van der Waals surface area contributed by atoms with E-state index in [1.165, 1.54) is 0 Å². The van der Waals surface area contributed by atoms with Gasteiger partial charge >= 0.3 is 6.03 Å². The number of carbonyl (C=O) groups excluding carboxylic acids is 2. The number of imide groups is 1. The molecule has 0 rings (SSSR count). The molecule has 9 heavy (non-hydrogen) atoms. The van der Waals surface area contributed by atoms with Crippen molar-refractivity contribution in [1.29, 1.82) is 0 Å². The zero-order valence-electron chi connectivity index (χ0n) is 4.37. The number of aliphatic hydroxyl groups is 1. The third-order valence-electron chi connectivity index (χ3n) is 0.548. The Bertz CT molecular complexity index is 137. The summed E-state index contributed by atoms with van der Waals surface area (Å²) in [7, 11) is 0. The Morgan fingerprint density at radius 2 is 2.11 bits per heavy atom. The van der Waals surface area contributed by atoms with Crippen LogP contribution in [0.25, 0.3) is 0 Å². The summed E-state index contributed by atoms with van der Waals surface area (Å²) in [4.78, 5) is 20.2. The maximum Gasteiger partial charge on any atom is 0.336 e. The molecule has 0 bridgehead atoms. The van der Waals surface area contributed by atoms with Gasteiger partial charge in [-0.25, -0.2) is 4.79 Å². The fourth-order valence-electron chi connectivity index (χ4n) is 0.185. The molecule has 0 unspecified atom stereocenters. The second-order valence-corrected chi connectivity index (χ2v) is 1.51. The molecule has 5 nitrogen and oxygen atoms in total. The zero-order chi connectivity index (χ0) is 7.44. The van der Waals surface area contributed by atoms with Crippen molar-refractivity contribution in [2.45, 2.75) is 0 Å². The van der Waals surface area contributed by atoms with E-state index in [0.29, 0.717) is 0 Å². The molecule has 0 fully saturated rings. The summed E-state index contributed by atoms with van der Waals surface area (Å²) >= 11 is 4.92. The van der Waals surface area contributed by atoms with Crippen LogP contribution in [0.5, 0.6) is 0 Å². The van der Waals surface area contributed by atoms with Gasteiger partial charge in [0, 0.05) is 11.8 Å². The second kappa shape index (κ2) is 3.26. The molecule has 0 atom stereocenters. The van der Waals surface area contributed by atoms with Crippen LogP contribution in [0.3, 0.4) is 0 Å². The lowest BCUT2D eigenvalue weighted by atomic mass is 10.6. The summed E-state index contributed by atoms with van der Waals surface area (Å²) in [5.74, 6) is -0.941. The molecular formula is C3H5ClN2O3. The van der Waals surface area contributed by atoms with Crippen molar-refractivity contribution in [3.05, 3.63) is 0 Å². The van der Waals surface area contributed by atoms with Crippen molar-refractivity contribution < 1.29 is 14.7 Å². The van der Waals surface area contributed by atoms with E-state index in [1.807, 2.05) is 0 Å². The number of urea groups is 1. The Kier molecular flexibility index (Phi) is 2.97. The van der Waals surface area contributed by atoms with E-state index in [9.17, 15) is 9.59 Å². The van der Waals surface area contributed by atoms with Gasteiger partial charge in [-0.05, 0) is 0 Å². The average Bonchev–Trinajstić information content (AvgIpc) is 1.84. The molecule has 0 aliphatic heterocycles. The second-order valence-electron chi connectivity index (χ2n) is 1.17. The van der Waals surface area contributed by atoms with Gasteiger partial charge in [-0.3, -0.25) is 4.79 Å². The predicted molar refractivity (Wildman–Crippen MR) is 29.4 cm³/mol. The molecule has 3 amide bonds. The van der Waals surface area contributed by atoms with Crippen LogP contribution >= 0.6 is 11.8 Å². The number of rotatable bonds is 1. The highest BCUT2D eigenvalue weighted by Gasteiger charge is 2.13. The number of nitrogens with zero attached hydrogens (tertiary/aromatic N) is 1. The lowest BCUT2D eigenvalue weighted by molar-refractivity contribution is -0.127. The van der Waals surface area contributed by atoms with Crippen molar-refractivity contribution >= 4 is 23.7 Å². The van der Waals surface area contributed by atoms with Gasteiger partial charge in [0.2, 0.25) is 0 Å². The largest absolute Gasteiger partial charge is 0.386 e. The fraction of sp³-hybridized carbons (Fsp3) is 0.333. The zero-order valence-corrected chi connectivity index (χ0v) is 5.13. The van der Waals surface area contributed by atoms with Crippen LogP contribution in [0.2, 0.25) is 0 Å². The minimum Gasteiger partial charge on any atom is -0.386 e. The Balaban J connectivity index is 3.88. The van der Waals surface area contributed by atoms with Crippen molar-refractivity contribution in [2.24, 2.45) is 5.73 Å². The molecule has 6 heteroatoms. The third kappa shape index (κ3) is 2.29. The van der Waals surface area contributed by atoms with E-state index in [1.54, 1.807) is 0 Å². The molecule has 0 aromatic rings. The summed E-state index contributed by atoms with van der Waals surface area (Å²) in [5.41, 5.74) is 4.54. The minimum atomic E-state index is -1.10. The SMILES string of the molecule is NC(=O)N(Cl)C(=O)CO. The van der Waals surface area contributed by atoms with Gasteiger partial charge in [-0.15, -0.1) is 0 Å². The normalized spacial score (nSPS) is 8.67. The van der Waals surface area contributed by atoms with Crippen LogP contribution in [0, 0.1) is 0 Å². The average molecular weight is 153 g/mol. The van der Waals surface area contributed by atoms with Crippen LogP contribution in [0.15, 0.2) is 0 Å². The van der Waals surface area contributed by atoms with Gasteiger partial charge in [-0.1, -0.05) is 0 Å². The molecule has 0 saturated heterocycles. The smallest absolute Gasteiger partial charge is 0.336 e. The maximum absolute atomic E-state index is 10.2. The van der Waals surface area contributed by atoms with Crippen LogP contribution in [-0.2, 0) is 4.79 Å². The van der Waals surface area contributed by atoms with E-state index in [4.69, 9.17) is 16.9 Å². The molecule has 0 aliphatic rings. The summed E-state index contributed by atoms with van der Waals surface area (Å²) in [6.07, 6.45) is 0. The topological polar surface area (TPSA) is 83.6 Å². The molecule has 0 aromatic carbocycles. The molecule has 52 valence electrons. The van der Waals surface area contributed by atoms with Gasteiger partial charge < -0.3 is 10.8 Å². The molecule has 0 spiro atoms. The fourth-order valence-corrected chi connectivity index (χ4v) is 0.238. The van der Waals surface area contributed by atoms with E-state index in [-0.39, 0.29) is 4.42 Å². The number of hydrogen-bond donors (Lipinski definition) is 2. The molecule has 3 N–H and O–H groups in total. The first kappa shape index (κ1) is 8.19. The van der Waals surface area contributed by atoms with Crippen molar-refractivity contribution in [2.75, 3.05) is 6.61 Å². The minimum absolute atomic E-state index is 0.111. The third-order valence-corrected chi connectivity index (χ3v) is 0.903. The number of primary amides is 1. The number of hydrogen-bond acceptors (Lipinski definition) is 3. The van der Waals surface area contributed by atoms with Gasteiger partial charge in [-0.2, -0.15) is 4.42 Å². The van der Waals surface area contributed by atoms with E-state index in [2.05, 4.69) is 5.73 Å². The Labute approximate surface area is 56.1 Å². The Morgan fingerprint density at radius 1 is 1.67 bits per heavy atom. The summed E-state index contributed by atoms with van der Waals surface area (Å²) < 4.78 is 0.111. The predicted octanol–water partition coefficient (Wildman–Crippen LogP) is -0.960. The first-order valence-corrected chi connectivity index (χ1v) is 2.32. The number of aliphatic hydroxyl groups excluding tert-OH is 1. The highest BCUT2D eigenvalue weighted by atomic mass is 35.5. The molecule has 0 radical (unpaired) electrons. The standard InChI is InChI=1S/C3H5ClN2O3/c4-6(3(5)9)2(8)1-7/h7H,1H2,(H2,5,9). The van der Waals surface area contributed by atoms with Crippen LogP contribution < -0.4 is 5.73 Å². The Morgan fingerprint density at radius 3 is 2.22 bits per heavy atom. The molecule has 0 saturated carbocycles. The quantitative estimate of drug-likeness (QED) is 0.475.